The van der Waals surface area contributed by atoms with Gasteiger partial charge in [0.15, 0.2) is 11.6 Å². The number of nitrogens with one attached hydrogen (secondary N) is 2. The van der Waals surface area contributed by atoms with Crippen LogP contribution in [-0.2, 0) is 0 Å². The van der Waals surface area contributed by atoms with Gasteiger partial charge in [0.05, 0.1) is 25.3 Å². The number of imidazole rings is 1. The first-order valence-corrected chi connectivity index (χ1v) is 7.65. The predicted octanol–water partition coefficient (Wildman–Crippen LogP) is 3.34. The third-order valence-corrected chi connectivity index (χ3v) is 4.03. The monoisotopic (exact) mass is 336 g/mol. The van der Waals surface area contributed by atoms with E-state index in [1.165, 1.54) is 0 Å². The SMILES string of the molecule is COc1ccc(-c2n[nH]c(-c3nc4ccc(OC)cc4[nH]3)c2O)cc1. The molecule has 7 nitrogen and oxygen atoms in total. The van der Waals surface area contributed by atoms with Gasteiger partial charge in [0.1, 0.15) is 22.9 Å². The molecule has 0 unspecified atom stereocenters. The van der Waals surface area contributed by atoms with E-state index < -0.39 is 0 Å². The van der Waals surface area contributed by atoms with Crippen LogP contribution in [0.3, 0.4) is 0 Å². The Bertz CT molecular complexity index is 1030. The molecular weight excluding hydrogens is 320 g/mol. The Kier molecular flexibility index (Phi) is 3.53. The van der Waals surface area contributed by atoms with E-state index in [1.807, 2.05) is 42.5 Å². The molecule has 126 valence electrons. The average Bonchev–Trinajstić information content (AvgIpc) is 3.24. The summed E-state index contributed by atoms with van der Waals surface area (Å²) in [6, 6.07) is 12.8. The Morgan fingerprint density at radius 3 is 2.40 bits per heavy atom. The number of aromatic hydroxyl groups is 1. The van der Waals surface area contributed by atoms with E-state index in [4.69, 9.17) is 9.47 Å². The smallest absolute Gasteiger partial charge is 0.172 e. The standard InChI is InChI=1S/C18H16N4O3/c1-24-11-5-3-10(4-6-11)15-17(23)16(22-21-15)18-19-13-8-7-12(25-2)9-14(13)20-18/h3-9,23H,1-2H3,(H,19,20)(H,21,22). The van der Waals surface area contributed by atoms with Gasteiger partial charge in [-0.1, -0.05) is 0 Å². The van der Waals surface area contributed by atoms with Gasteiger partial charge in [-0.25, -0.2) is 4.98 Å². The molecule has 4 rings (SSSR count). The lowest BCUT2D eigenvalue weighted by Gasteiger charge is -2.01. The molecule has 0 atom stereocenters. The number of aromatic amines is 2. The molecule has 0 aliphatic rings. The topological polar surface area (TPSA) is 96.0 Å². The molecular formula is C18H16N4O3. The molecule has 0 aliphatic carbocycles. The van der Waals surface area contributed by atoms with Crippen LogP contribution in [0.5, 0.6) is 17.2 Å². The number of hydrogen-bond acceptors (Lipinski definition) is 5. The fourth-order valence-corrected chi connectivity index (χ4v) is 2.69. The van der Waals surface area contributed by atoms with E-state index in [0.29, 0.717) is 17.2 Å². The van der Waals surface area contributed by atoms with Gasteiger partial charge >= 0.3 is 0 Å². The molecule has 2 heterocycles. The van der Waals surface area contributed by atoms with Crippen molar-refractivity contribution in [3.8, 4) is 40.0 Å². The highest BCUT2D eigenvalue weighted by Gasteiger charge is 2.18. The van der Waals surface area contributed by atoms with E-state index in [1.54, 1.807) is 14.2 Å². The second-order valence-corrected chi connectivity index (χ2v) is 5.49. The number of benzene rings is 2. The summed E-state index contributed by atoms with van der Waals surface area (Å²) in [5, 5.41) is 17.7. The van der Waals surface area contributed by atoms with E-state index in [9.17, 15) is 5.11 Å². The van der Waals surface area contributed by atoms with Crippen LogP contribution >= 0.6 is 0 Å². The molecule has 0 saturated heterocycles. The number of aromatic nitrogens is 4. The van der Waals surface area contributed by atoms with Crippen molar-refractivity contribution in [1.82, 2.24) is 20.2 Å². The second-order valence-electron chi connectivity index (χ2n) is 5.49. The molecule has 0 bridgehead atoms. The van der Waals surface area contributed by atoms with Crippen molar-refractivity contribution in [3.63, 3.8) is 0 Å². The lowest BCUT2D eigenvalue weighted by Crippen LogP contribution is -1.83. The molecule has 0 spiro atoms. The minimum absolute atomic E-state index is 0.0381. The summed E-state index contributed by atoms with van der Waals surface area (Å²) >= 11 is 0. The zero-order valence-electron chi connectivity index (χ0n) is 13.7. The maximum atomic E-state index is 10.6. The summed E-state index contributed by atoms with van der Waals surface area (Å²) in [7, 11) is 3.22. The van der Waals surface area contributed by atoms with Crippen LogP contribution in [0.25, 0.3) is 33.8 Å². The number of H-pyrrole nitrogens is 2. The molecule has 0 saturated carbocycles. The van der Waals surface area contributed by atoms with Gasteiger partial charge in [0.25, 0.3) is 0 Å². The van der Waals surface area contributed by atoms with E-state index in [2.05, 4.69) is 20.2 Å². The molecule has 0 radical (unpaired) electrons. The molecule has 4 aromatic rings. The minimum atomic E-state index is 0.0381. The Morgan fingerprint density at radius 2 is 1.68 bits per heavy atom. The fraction of sp³-hybridized carbons (Fsp3) is 0.111. The molecule has 2 aromatic carbocycles. The largest absolute Gasteiger partial charge is 0.504 e. The summed E-state index contributed by atoms with van der Waals surface area (Å²) in [4.78, 5) is 7.66. The Labute approximate surface area is 143 Å². The maximum absolute atomic E-state index is 10.6. The van der Waals surface area contributed by atoms with Gasteiger partial charge in [-0.3, -0.25) is 5.10 Å². The quantitative estimate of drug-likeness (QED) is 0.531. The van der Waals surface area contributed by atoms with Crippen LogP contribution in [0.15, 0.2) is 42.5 Å². The first-order valence-electron chi connectivity index (χ1n) is 7.65. The van der Waals surface area contributed by atoms with Crippen LogP contribution in [0, 0.1) is 0 Å². The highest BCUT2D eigenvalue weighted by Crippen LogP contribution is 2.36. The van der Waals surface area contributed by atoms with Gasteiger partial charge < -0.3 is 19.6 Å². The Morgan fingerprint density at radius 1 is 0.960 bits per heavy atom. The molecule has 7 heteroatoms. The third-order valence-electron chi connectivity index (χ3n) is 4.03. The molecule has 0 aliphatic heterocycles. The first kappa shape index (κ1) is 15.1. The molecule has 0 fully saturated rings. The molecule has 2 aromatic heterocycles. The number of methoxy groups -OCH3 is 2. The predicted molar refractivity (Wildman–Crippen MR) is 93.9 cm³/mol. The fourth-order valence-electron chi connectivity index (χ4n) is 2.69. The Balaban J connectivity index is 1.75. The van der Waals surface area contributed by atoms with Gasteiger partial charge in [0.2, 0.25) is 0 Å². The molecule has 3 N–H and O–H groups in total. The Hall–Kier alpha value is -3.48. The number of ether oxygens (including phenoxy) is 2. The number of hydrogen-bond donors (Lipinski definition) is 3. The van der Waals surface area contributed by atoms with Crippen molar-refractivity contribution >= 4 is 11.0 Å². The van der Waals surface area contributed by atoms with Crippen molar-refractivity contribution in [3.05, 3.63) is 42.5 Å². The minimum Gasteiger partial charge on any atom is -0.504 e. The van der Waals surface area contributed by atoms with Crippen molar-refractivity contribution < 1.29 is 14.6 Å². The number of nitrogens with zero attached hydrogens (tertiary/aromatic N) is 2. The van der Waals surface area contributed by atoms with Gasteiger partial charge in [0, 0.05) is 11.6 Å². The highest BCUT2D eigenvalue weighted by molar-refractivity contribution is 5.83. The van der Waals surface area contributed by atoms with Crippen molar-refractivity contribution in [1.29, 1.82) is 0 Å². The van der Waals surface area contributed by atoms with E-state index in [-0.39, 0.29) is 5.75 Å². The van der Waals surface area contributed by atoms with Crippen LogP contribution in [0.1, 0.15) is 0 Å². The molecule has 0 amide bonds. The lowest BCUT2D eigenvalue weighted by atomic mass is 10.1. The summed E-state index contributed by atoms with van der Waals surface area (Å²) in [6.45, 7) is 0. The van der Waals surface area contributed by atoms with E-state index >= 15 is 0 Å². The normalized spacial score (nSPS) is 11.0. The van der Waals surface area contributed by atoms with Crippen LogP contribution in [-0.4, -0.2) is 39.5 Å². The summed E-state index contributed by atoms with van der Waals surface area (Å²) in [5.41, 5.74) is 3.25. The van der Waals surface area contributed by atoms with Crippen molar-refractivity contribution in [2.75, 3.05) is 14.2 Å². The van der Waals surface area contributed by atoms with Gasteiger partial charge in [-0.2, -0.15) is 5.10 Å². The van der Waals surface area contributed by atoms with Crippen LogP contribution in [0.4, 0.5) is 0 Å². The number of fused-ring (bicyclic) bond motifs is 1. The van der Waals surface area contributed by atoms with E-state index in [0.717, 1.165) is 28.1 Å². The zero-order chi connectivity index (χ0) is 17.4. The zero-order valence-corrected chi connectivity index (χ0v) is 13.7. The second kappa shape index (κ2) is 5.86. The molecule has 25 heavy (non-hydrogen) atoms. The lowest BCUT2D eigenvalue weighted by molar-refractivity contribution is 0.415. The van der Waals surface area contributed by atoms with Crippen molar-refractivity contribution in [2.45, 2.75) is 0 Å². The summed E-state index contributed by atoms with van der Waals surface area (Å²) < 4.78 is 10.4. The van der Waals surface area contributed by atoms with Crippen molar-refractivity contribution in [2.24, 2.45) is 0 Å². The maximum Gasteiger partial charge on any atom is 0.172 e. The average molecular weight is 336 g/mol. The van der Waals surface area contributed by atoms with Gasteiger partial charge in [-0.15, -0.1) is 0 Å². The van der Waals surface area contributed by atoms with Gasteiger partial charge in [-0.05, 0) is 36.4 Å². The number of rotatable bonds is 4. The summed E-state index contributed by atoms with van der Waals surface area (Å²) in [6.07, 6.45) is 0. The first-order chi connectivity index (χ1) is 12.2. The highest BCUT2D eigenvalue weighted by atomic mass is 16.5. The summed E-state index contributed by atoms with van der Waals surface area (Å²) in [5.74, 6) is 2.02. The van der Waals surface area contributed by atoms with Crippen LogP contribution in [0.2, 0.25) is 0 Å². The third kappa shape index (κ3) is 2.55. The van der Waals surface area contributed by atoms with Crippen LogP contribution < -0.4 is 9.47 Å².